The van der Waals surface area contributed by atoms with Gasteiger partial charge in [-0.3, -0.25) is 4.79 Å². The van der Waals surface area contributed by atoms with Crippen molar-refractivity contribution in [2.75, 3.05) is 11.9 Å². The largest absolute Gasteiger partial charge is 0.493 e. The van der Waals surface area contributed by atoms with Crippen molar-refractivity contribution in [2.45, 2.75) is 50.7 Å². The second-order valence-corrected chi connectivity index (χ2v) is 10.0. The Bertz CT molecular complexity index is 1280. The van der Waals surface area contributed by atoms with Gasteiger partial charge in [0.05, 0.1) is 12.2 Å². The second-order valence-electron chi connectivity index (χ2n) is 10.0. The Labute approximate surface area is 204 Å². The number of para-hydroxylation sites is 1. The van der Waals surface area contributed by atoms with Gasteiger partial charge in [-0.15, -0.1) is 0 Å². The fraction of sp³-hybridized carbons (Fsp3) is 0.310. The number of nitrogens with one attached hydrogen (secondary N) is 1. The van der Waals surface area contributed by atoms with Crippen molar-refractivity contribution in [3.05, 3.63) is 94.5 Å². The second kappa shape index (κ2) is 8.86. The van der Waals surface area contributed by atoms with E-state index in [-0.39, 0.29) is 25.4 Å². The van der Waals surface area contributed by atoms with E-state index < -0.39 is 16.9 Å². The number of benzene rings is 3. The van der Waals surface area contributed by atoms with Crippen molar-refractivity contribution < 1.29 is 24.2 Å². The van der Waals surface area contributed by atoms with Gasteiger partial charge in [-0.1, -0.05) is 62.4 Å². The number of anilines is 1. The molecule has 5 rings (SSSR count). The van der Waals surface area contributed by atoms with E-state index in [0.29, 0.717) is 17.9 Å². The number of ether oxygens (including phenoxy) is 2. The zero-order valence-corrected chi connectivity index (χ0v) is 20.0. The topological polar surface area (TPSA) is 84.9 Å². The van der Waals surface area contributed by atoms with Crippen LogP contribution in [0.1, 0.15) is 52.9 Å². The molecule has 0 spiro atoms. The zero-order valence-electron chi connectivity index (χ0n) is 20.0. The minimum absolute atomic E-state index is 0.158. The average molecular weight is 472 g/mol. The van der Waals surface area contributed by atoms with E-state index in [1.54, 1.807) is 18.2 Å². The van der Waals surface area contributed by atoms with Gasteiger partial charge in [0.2, 0.25) is 0 Å². The number of hydrogen-bond acceptors (Lipinski definition) is 5. The Hall–Kier alpha value is -3.64. The summed E-state index contributed by atoms with van der Waals surface area (Å²) in [5.41, 5.74) is 2.50. The van der Waals surface area contributed by atoms with Crippen LogP contribution < -0.4 is 10.1 Å². The standard InChI is InChI=1S/C29H29NO5/c1-28(2,24-10-6-9-20-13-14-34-25(20)24)18-29(33,16-19-7-4-3-5-8-19)27(32)30-22-11-12-23-21(15-22)17-35-26(23)31/h3-12,15,33H,13-14,16-18H2,1-2H3,(H,30,32). The molecule has 2 aliphatic rings. The van der Waals surface area contributed by atoms with Crippen LogP contribution in [0.15, 0.2) is 66.7 Å². The number of fused-ring (bicyclic) bond motifs is 2. The highest BCUT2D eigenvalue weighted by Gasteiger charge is 2.43. The highest BCUT2D eigenvalue weighted by Crippen LogP contribution is 2.42. The summed E-state index contributed by atoms with van der Waals surface area (Å²) in [6.45, 7) is 4.89. The van der Waals surface area contributed by atoms with Gasteiger partial charge in [-0.05, 0) is 41.2 Å². The molecule has 0 radical (unpaired) electrons. The molecule has 0 aromatic heterocycles. The lowest BCUT2D eigenvalue weighted by molar-refractivity contribution is -0.136. The normalized spacial score (nSPS) is 16.0. The van der Waals surface area contributed by atoms with Crippen LogP contribution in [0, 0.1) is 0 Å². The third-order valence-corrected chi connectivity index (χ3v) is 6.88. The summed E-state index contributed by atoms with van der Waals surface area (Å²) in [7, 11) is 0. The molecule has 0 fully saturated rings. The highest BCUT2D eigenvalue weighted by molar-refractivity contribution is 5.99. The monoisotopic (exact) mass is 471 g/mol. The Kier molecular flexibility index (Phi) is 5.85. The summed E-state index contributed by atoms with van der Waals surface area (Å²) in [4.78, 5) is 25.4. The molecule has 0 saturated heterocycles. The van der Waals surface area contributed by atoms with Crippen LogP contribution in [0.3, 0.4) is 0 Å². The molecule has 35 heavy (non-hydrogen) atoms. The van der Waals surface area contributed by atoms with Gasteiger partial charge in [-0.2, -0.15) is 0 Å². The number of rotatable bonds is 7. The van der Waals surface area contributed by atoms with E-state index in [0.717, 1.165) is 34.4 Å². The lowest BCUT2D eigenvalue weighted by atomic mass is 9.72. The molecule has 1 unspecified atom stereocenters. The summed E-state index contributed by atoms with van der Waals surface area (Å²) >= 11 is 0. The maximum Gasteiger partial charge on any atom is 0.338 e. The Morgan fingerprint density at radius 3 is 2.60 bits per heavy atom. The highest BCUT2D eigenvalue weighted by atomic mass is 16.5. The van der Waals surface area contributed by atoms with Crippen molar-refractivity contribution in [2.24, 2.45) is 0 Å². The van der Waals surface area contributed by atoms with Crippen molar-refractivity contribution >= 4 is 17.6 Å². The van der Waals surface area contributed by atoms with E-state index >= 15 is 0 Å². The van der Waals surface area contributed by atoms with Crippen LogP contribution in [0.2, 0.25) is 0 Å². The van der Waals surface area contributed by atoms with Gasteiger partial charge in [0, 0.05) is 29.7 Å². The molecular formula is C29H29NO5. The summed E-state index contributed by atoms with van der Waals surface area (Å²) in [6, 6.07) is 20.6. The molecule has 6 nitrogen and oxygen atoms in total. The number of hydrogen-bond donors (Lipinski definition) is 2. The summed E-state index contributed by atoms with van der Waals surface area (Å²) in [6.07, 6.45) is 1.21. The smallest absolute Gasteiger partial charge is 0.338 e. The molecule has 2 N–H and O–H groups in total. The quantitative estimate of drug-likeness (QED) is 0.493. The maximum absolute atomic E-state index is 13.7. The van der Waals surface area contributed by atoms with Gasteiger partial charge < -0.3 is 19.9 Å². The fourth-order valence-corrected chi connectivity index (χ4v) is 5.19. The lowest BCUT2D eigenvalue weighted by Crippen LogP contribution is -2.49. The molecule has 180 valence electrons. The van der Waals surface area contributed by atoms with E-state index in [1.807, 2.05) is 56.3 Å². The minimum atomic E-state index is -1.70. The van der Waals surface area contributed by atoms with Crippen LogP contribution in [0.5, 0.6) is 5.75 Å². The molecule has 0 aliphatic carbocycles. The van der Waals surface area contributed by atoms with Gasteiger partial charge >= 0.3 is 5.97 Å². The van der Waals surface area contributed by atoms with Gasteiger partial charge in [0.1, 0.15) is 18.0 Å². The number of carbonyl (C=O) groups excluding carboxylic acids is 2. The molecule has 3 aromatic carbocycles. The molecule has 2 heterocycles. The Morgan fingerprint density at radius 1 is 1.00 bits per heavy atom. The molecule has 3 aromatic rings. The fourth-order valence-electron chi connectivity index (χ4n) is 5.19. The van der Waals surface area contributed by atoms with Crippen LogP contribution in [-0.4, -0.2) is 29.2 Å². The van der Waals surface area contributed by atoms with Gasteiger partial charge in [0.25, 0.3) is 5.91 Å². The summed E-state index contributed by atoms with van der Waals surface area (Å²) in [5, 5.41) is 14.8. The van der Waals surface area contributed by atoms with E-state index in [4.69, 9.17) is 9.47 Å². The van der Waals surface area contributed by atoms with Crippen molar-refractivity contribution in [1.82, 2.24) is 0 Å². The van der Waals surface area contributed by atoms with Gasteiger partial charge in [0.15, 0.2) is 0 Å². The number of aliphatic hydroxyl groups is 1. The van der Waals surface area contributed by atoms with Crippen molar-refractivity contribution in [3.8, 4) is 5.75 Å². The van der Waals surface area contributed by atoms with Crippen LogP contribution >= 0.6 is 0 Å². The SMILES string of the molecule is CC(C)(CC(O)(Cc1ccccc1)C(=O)Nc1ccc2c(c1)COC2=O)c1cccc2c1OCC2. The molecule has 0 bridgehead atoms. The van der Waals surface area contributed by atoms with Gasteiger partial charge in [-0.25, -0.2) is 4.79 Å². The van der Waals surface area contributed by atoms with Crippen LogP contribution in [0.25, 0.3) is 0 Å². The number of cyclic esters (lactones) is 1. The first kappa shape index (κ1) is 23.1. The third kappa shape index (κ3) is 4.54. The molecular weight excluding hydrogens is 442 g/mol. The predicted octanol–water partition coefficient (Wildman–Crippen LogP) is 4.57. The van der Waals surface area contributed by atoms with Crippen LogP contribution in [-0.2, 0) is 34.4 Å². The molecule has 1 amide bonds. The molecule has 2 aliphatic heterocycles. The molecule has 6 heteroatoms. The number of amides is 1. The van der Waals surface area contributed by atoms with Crippen molar-refractivity contribution in [3.63, 3.8) is 0 Å². The average Bonchev–Trinajstić information content (AvgIpc) is 3.45. The Morgan fingerprint density at radius 2 is 1.80 bits per heavy atom. The van der Waals surface area contributed by atoms with E-state index in [1.165, 1.54) is 0 Å². The van der Waals surface area contributed by atoms with E-state index in [9.17, 15) is 14.7 Å². The Balaban J connectivity index is 1.46. The third-order valence-electron chi connectivity index (χ3n) is 6.88. The number of carbonyl (C=O) groups is 2. The summed E-state index contributed by atoms with van der Waals surface area (Å²) in [5.74, 6) is 0.00851. The first-order valence-corrected chi connectivity index (χ1v) is 11.9. The number of esters is 1. The van der Waals surface area contributed by atoms with Crippen molar-refractivity contribution in [1.29, 1.82) is 0 Å². The maximum atomic E-state index is 13.7. The first-order valence-electron chi connectivity index (χ1n) is 11.9. The van der Waals surface area contributed by atoms with E-state index in [2.05, 4.69) is 11.4 Å². The zero-order chi connectivity index (χ0) is 24.6. The first-order chi connectivity index (χ1) is 16.7. The lowest BCUT2D eigenvalue weighted by Gasteiger charge is -2.36. The minimum Gasteiger partial charge on any atom is -0.493 e. The van der Waals surface area contributed by atoms with Crippen LogP contribution in [0.4, 0.5) is 5.69 Å². The molecule has 0 saturated carbocycles. The summed E-state index contributed by atoms with van der Waals surface area (Å²) < 4.78 is 11.0. The predicted molar refractivity (Wildman–Crippen MR) is 133 cm³/mol. The molecule has 1 atom stereocenters.